The zero-order chi connectivity index (χ0) is 14.7. The molecule has 0 saturated heterocycles. The van der Waals surface area contributed by atoms with E-state index in [0.717, 1.165) is 35.7 Å². The van der Waals surface area contributed by atoms with E-state index in [0.29, 0.717) is 0 Å². The Morgan fingerprint density at radius 2 is 1.95 bits per heavy atom. The van der Waals surface area contributed by atoms with Crippen LogP contribution in [0.15, 0.2) is 48.5 Å². The molecule has 0 aliphatic rings. The number of imidazole rings is 1. The van der Waals surface area contributed by atoms with Gasteiger partial charge in [0.05, 0.1) is 24.7 Å². The normalized spacial score (nSPS) is 10.8. The average Bonchev–Trinajstić information content (AvgIpc) is 2.94. The van der Waals surface area contributed by atoms with Crippen molar-refractivity contribution in [3.05, 3.63) is 54.4 Å². The number of nitrogens with one attached hydrogen (secondary N) is 1. The molecular formula is C17H19N3O. The second kappa shape index (κ2) is 5.87. The van der Waals surface area contributed by atoms with Crippen LogP contribution in [0.1, 0.15) is 12.7 Å². The fourth-order valence-electron chi connectivity index (χ4n) is 2.45. The Morgan fingerprint density at radius 3 is 2.67 bits per heavy atom. The van der Waals surface area contributed by atoms with E-state index in [1.54, 1.807) is 7.11 Å². The second-order valence-electron chi connectivity index (χ2n) is 4.92. The number of ether oxygens (including phenoxy) is 1. The summed E-state index contributed by atoms with van der Waals surface area (Å²) >= 11 is 0. The Kier molecular flexibility index (Phi) is 3.77. The number of fused-ring (bicyclic) bond motifs is 1. The molecule has 0 unspecified atom stereocenters. The van der Waals surface area contributed by atoms with E-state index >= 15 is 0 Å². The molecule has 1 N–H and O–H groups in total. The van der Waals surface area contributed by atoms with Gasteiger partial charge in [0.2, 0.25) is 0 Å². The molecule has 1 heterocycles. The summed E-state index contributed by atoms with van der Waals surface area (Å²) in [5.74, 6) is 1.80. The molecule has 3 aromatic rings. The number of rotatable bonds is 5. The Bertz CT molecular complexity index is 721. The van der Waals surface area contributed by atoms with Gasteiger partial charge in [-0.3, -0.25) is 0 Å². The number of hydrogen-bond acceptors (Lipinski definition) is 3. The molecular weight excluding hydrogens is 262 g/mol. The average molecular weight is 281 g/mol. The summed E-state index contributed by atoms with van der Waals surface area (Å²) in [7, 11) is 1.67. The van der Waals surface area contributed by atoms with Crippen molar-refractivity contribution in [2.75, 3.05) is 18.6 Å². The van der Waals surface area contributed by atoms with E-state index in [2.05, 4.69) is 46.1 Å². The first kappa shape index (κ1) is 13.5. The quantitative estimate of drug-likeness (QED) is 0.777. The van der Waals surface area contributed by atoms with E-state index in [4.69, 9.17) is 4.74 Å². The van der Waals surface area contributed by atoms with E-state index < -0.39 is 0 Å². The molecule has 0 bridgehead atoms. The van der Waals surface area contributed by atoms with E-state index in [1.165, 1.54) is 5.69 Å². The number of aromatic amines is 1. The van der Waals surface area contributed by atoms with Gasteiger partial charge >= 0.3 is 0 Å². The van der Waals surface area contributed by atoms with Crippen LogP contribution in [-0.4, -0.2) is 23.6 Å². The zero-order valence-electron chi connectivity index (χ0n) is 12.3. The lowest BCUT2D eigenvalue weighted by atomic mass is 10.3. The lowest BCUT2D eigenvalue weighted by Gasteiger charge is -2.21. The highest BCUT2D eigenvalue weighted by Crippen LogP contribution is 2.20. The molecule has 0 radical (unpaired) electrons. The molecule has 0 aliphatic heterocycles. The van der Waals surface area contributed by atoms with Crippen LogP contribution in [0.25, 0.3) is 11.0 Å². The van der Waals surface area contributed by atoms with Crippen LogP contribution in [0.4, 0.5) is 5.69 Å². The minimum atomic E-state index is 0.761. The zero-order valence-corrected chi connectivity index (χ0v) is 12.3. The second-order valence-corrected chi connectivity index (χ2v) is 4.92. The fraction of sp³-hybridized carbons (Fsp3) is 0.235. The van der Waals surface area contributed by atoms with Crippen molar-refractivity contribution in [1.29, 1.82) is 0 Å². The van der Waals surface area contributed by atoms with Gasteiger partial charge in [-0.1, -0.05) is 18.2 Å². The highest BCUT2D eigenvalue weighted by molar-refractivity contribution is 5.76. The molecule has 4 nitrogen and oxygen atoms in total. The minimum absolute atomic E-state index is 0.761. The van der Waals surface area contributed by atoms with Crippen molar-refractivity contribution in [3.63, 3.8) is 0 Å². The summed E-state index contributed by atoms with van der Waals surface area (Å²) in [6.07, 6.45) is 0. The van der Waals surface area contributed by atoms with Gasteiger partial charge in [-0.15, -0.1) is 0 Å². The van der Waals surface area contributed by atoms with Gasteiger partial charge in [-0.05, 0) is 31.2 Å². The summed E-state index contributed by atoms with van der Waals surface area (Å²) in [4.78, 5) is 10.3. The Balaban J connectivity index is 1.86. The maximum Gasteiger partial charge on any atom is 0.126 e. The Labute approximate surface area is 124 Å². The lowest BCUT2D eigenvalue weighted by Crippen LogP contribution is -2.22. The summed E-state index contributed by atoms with van der Waals surface area (Å²) in [6, 6.07) is 16.3. The number of anilines is 1. The third-order valence-electron chi connectivity index (χ3n) is 3.58. The molecule has 0 fully saturated rings. The first-order chi connectivity index (χ1) is 10.3. The molecule has 1 aromatic heterocycles. The lowest BCUT2D eigenvalue weighted by molar-refractivity contribution is 0.415. The molecule has 0 saturated carbocycles. The van der Waals surface area contributed by atoms with Crippen molar-refractivity contribution in [3.8, 4) is 5.75 Å². The molecule has 0 aliphatic carbocycles. The third-order valence-corrected chi connectivity index (χ3v) is 3.58. The Morgan fingerprint density at radius 1 is 1.14 bits per heavy atom. The molecule has 2 aromatic carbocycles. The monoisotopic (exact) mass is 281 g/mol. The molecule has 0 amide bonds. The summed E-state index contributed by atoms with van der Waals surface area (Å²) in [5, 5.41) is 0. The predicted molar refractivity (Wildman–Crippen MR) is 85.8 cm³/mol. The number of benzene rings is 2. The predicted octanol–water partition coefficient (Wildman–Crippen LogP) is 3.60. The first-order valence-electron chi connectivity index (χ1n) is 7.13. The maximum absolute atomic E-state index is 5.24. The SMILES string of the molecule is CCN(Cc1nc2ccc(OC)cc2[nH]1)c1ccccc1. The van der Waals surface area contributed by atoms with Crippen LogP contribution in [0.5, 0.6) is 5.75 Å². The van der Waals surface area contributed by atoms with Gasteiger partial charge in [0.1, 0.15) is 11.6 Å². The van der Waals surface area contributed by atoms with Gasteiger partial charge in [0.25, 0.3) is 0 Å². The largest absolute Gasteiger partial charge is 0.497 e. The van der Waals surface area contributed by atoms with Crippen LogP contribution in [0.2, 0.25) is 0 Å². The van der Waals surface area contributed by atoms with E-state index in [-0.39, 0.29) is 0 Å². The molecule has 21 heavy (non-hydrogen) atoms. The highest BCUT2D eigenvalue weighted by Gasteiger charge is 2.09. The van der Waals surface area contributed by atoms with Crippen molar-refractivity contribution < 1.29 is 4.74 Å². The maximum atomic E-state index is 5.24. The number of para-hydroxylation sites is 1. The van der Waals surface area contributed by atoms with E-state index in [1.807, 2.05) is 24.3 Å². The standard InChI is InChI=1S/C17H19N3O/c1-3-20(13-7-5-4-6-8-13)12-17-18-15-10-9-14(21-2)11-16(15)19-17/h4-11H,3,12H2,1-2H3,(H,18,19). The minimum Gasteiger partial charge on any atom is -0.497 e. The smallest absolute Gasteiger partial charge is 0.126 e. The van der Waals surface area contributed by atoms with Crippen LogP contribution < -0.4 is 9.64 Å². The molecule has 4 heteroatoms. The molecule has 108 valence electrons. The fourth-order valence-corrected chi connectivity index (χ4v) is 2.45. The summed E-state index contributed by atoms with van der Waals surface area (Å²) in [5.41, 5.74) is 3.18. The molecule has 0 spiro atoms. The first-order valence-corrected chi connectivity index (χ1v) is 7.13. The van der Waals surface area contributed by atoms with Crippen molar-refractivity contribution in [2.45, 2.75) is 13.5 Å². The topological polar surface area (TPSA) is 41.2 Å². The van der Waals surface area contributed by atoms with Crippen LogP contribution in [0, 0.1) is 0 Å². The number of hydrogen-bond donors (Lipinski definition) is 1. The van der Waals surface area contributed by atoms with Crippen LogP contribution in [0.3, 0.4) is 0 Å². The van der Waals surface area contributed by atoms with Crippen molar-refractivity contribution in [1.82, 2.24) is 9.97 Å². The van der Waals surface area contributed by atoms with Gasteiger partial charge in [0.15, 0.2) is 0 Å². The van der Waals surface area contributed by atoms with Crippen molar-refractivity contribution in [2.24, 2.45) is 0 Å². The van der Waals surface area contributed by atoms with Crippen molar-refractivity contribution >= 4 is 16.7 Å². The van der Waals surface area contributed by atoms with Gasteiger partial charge in [-0.2, -0.15) is 0 Å². The van der Waals surface area contributed by atoms with Gasteiger partial charge in [0, 0.05) is 18.3 Å². The van der Waals surface area contributed by atoms with Gasteiger partial charge < -0.3 is 14.6 Å². The molecule has 0 atom stereocenters. The number of methoxy groups -OCH3 is 1. The summed E-state index contributed by atoms with van der Waals surface area (Å²) < 4.78 is 5.24. The highest BCUT2D eigenvalue weighted by atomic mass is 16.5. The number of aromatic nitrogens is 2. The third kappa shape index (κ3) is 2.84. The van der Waals surface area contributed by atoms with Crippen LogP contribution in [-0.2, 0) is 6.54 Å². The summed E-state index contributed by atoms with van der Waals surface area (Å²) in [6.45, 7) is 3.85. The molecule has 3 rings (SSSR count). The van der Waals surface area contributed by atoms with Gasteiger partial charge in [-0.25, -0.2) is 4.98 Å². The Hall–Kier alpha value is -2.49. The van der Waals surface area contributed by atoms with Crippen LogP contribution >= 0.6 is 0 Å². The van der Waals surface area contributed by atoms with E-state index in [9.17, 15) is 0 Å². The number of H-pyrrole nitrogens is 1. The number of nitrogens with zero attached hydrogens (tertiary/aromatic N) is 2.